The predicted molar refractivity (Wildman–Crippen MR) is 162 cm³/mol. The molecule has 41 heavy (non-hydrogen) atoms. The van der Waals surface area contributed by atoms with Crippen molar-refractivity contribution in [2.24, 2.45) is 0 Å². The Morgan fingerprint density at radius 1 is 0.854 bits per heavy atom. The summed E-state index contributed by atoms with van der Waals surface area (Å²) in [6, 6.07) is 23.2. The first-order chi connectivity index (χ1) is 19.5. The molecule has 218 valence electrons. The third kappa shape index (κ3) is 9.20. The van der Waals surface area contributed by atoms with Crippen LogP contribution in [0.25, 0.3) is 0 Å². The Balaban J connectivity index is 2.02. The maximum absolute atomic E-state index is 14.4. The van der Waals surface area contributed by atoms with Gasteiger partial charge in [0.2, 0.25) is 11.8 Å². The third-order valence-electron chi connectivity index (χ3n) is 6.83. The van der Waals surface area contributed by atoms with Gasteiger partial charge in [0.1, 0.15) is 17.7 Å². The van der Waals surface area contributed by atoms with Gasteiger partial charge in [-0.1, -0.05) is 85.8 Å². The summed E-state index contributed by atoms with van der Waals surface area (Å²) in [5.41, 5.74) is 3.85. The standard InChI is InChI=1S/C34H43N3O4/c1-7-21-37(32(39)29(22-26-16-10-8-11-17-26)36-33(40)41-34(4,5)6)30(28-20-14-15-24(2)25(28)3)31(38)35-23-27-18-12-9-13-19-27/h8-20,29-30H,7,21-23H2,1-6H3,(H,35,38)(H,36,40). The van der Waals surface area contributed by atoms with Crippen LogP contribution in [0.1, 0.15) is 68.0 Å². The summed E-state index contributed by atoms with van der Waals surface area (Å²) in [5.74, 6) is -0.623. The Morgan fingerprint density at radius 2 is 1.46 bits per heavy atom. The molecule has 0 aliphatic carbocycles. The Kier molecular flexibility index (Phi) is 11.1. The Morgan fingerprint density at radius 3 is 2.05 bits per heavy atom. The minimum absolute atomic E-state index is 0.254. The maximum atomic E-state index is 14.4. The first-order valence-corrected chi connectivity index (χ1v) is 14.2. The van der Waals surface area contributed by atoms with E-state index in [1.165, 1.54) is 0 Å². The van der Waals surface area contributed by atoms with E-state index in [4.69, 9.17) is 4.74 Å². The van der Waals surface area contributed by atoms with Crippen LogP contribution in [0, 0.1) is 13.8 Å². The average Bonchev–Trinajstić information content (AvgIpc) is 2.93. The molecular weight excluding hydrogens is 514 g/mol. The average molecular weight is 558 g/mol. The van der Waals surface area contributed by atoms with Gasteiger partial charge in [-0.3, -0.25) is 9.59 Å². The highest BCUT2D eigenvalue weighted by atomic mass is 16.6. The van der Waals surface area contributed by atoms with E-state index in [0.29, 0.717) is 19.5 Å². The molecule has 0 radical (unpaired) electrons. The lowest BCUT2D eigenvalue weighted by Gasteiger charge is -2.35. The molecule has 0 spiro atoms. The van der Waals surface area contributed by atoms with Crippen LogP contribution in [0.2, 0.25) is 0 Å². The Hall–Kier alpha value is -4.13. The SMILES string of the molecule is CCCN(C(=O)C(Cc1ccccc1)NC(=O)OC(C)(C)C)C(C(=O)NCc1ccccc1)c1cccc(C)c1C. The van der Waals surface area contributed by atoms with E-state index in [0.717, 1.165) is 27.8 Å². The van der Waals surface area contributed by atoms with E-state index in [-0.39, 0.29) is 18.2 Å². The second-order valence-electron chi connectivity index (χ2n) is 11.3. The second kappa shape index (κ2) is 14.5. The van der Waals surface area contributed by atoms with Crippen molar-refractivity contribution in [2.45, 2.75) is 78.6 Å². The van der Waals surface area contributed by atoms with Gasteiger partial charge in [0.25, 0.3) is 0 Å². The number of alkyl carbamates (subject to hydrolysis) is 1. The molecule has 2 N–H and O–H groups in total. The van der Waals surface area contributed by atoms with Gasteiger partial charge in [-0.2, -0.15) is 0 Å². The van der Waals surface area contributed by atoms with Gasteiger partial charge in [-0.05, 0) is 68.9 Å². The molecule has 0 bridgehead atoms. The molecule has 7 nitrogen and oxygen atoms in total. The molecule has 3 aromatic rings. The lowest BCUT2D eigenvalue weighted by atomic mass is 9.94. The number of benzene rings is 3. The number of carbonyl (C=O) groups excluding carboxylic acids is 3. The highest BCUT2D eigenvalue weighted by molar-refractivity contribution is 5.92. The molecule has 0 aliphatic heterocycles. The lowest BCUT2D eigenvalue weighted by Crippen LogP contribution is -2.54. The number of aryl methyl sites for hydroxylation is 1. The van der Waals surface area contributed by atoms with Gasteiger partial charge >= 0.3 is 6.09 Å². The first kappa shape index (κ1) is 31.4. The molecule has 2 unspecified atom stereocenters. The quantitative estimate of drug-likeness (QED) is 0.301. The summed E-state index contributed by atoms with van der Waals surface area (Å²) in [5, 5.41) is 5.86. The van der Waals surface area contributed by atoms with Crippen LogP contribution in [0.3, 0.4) is 0 Å². The van der Waals surface area contributed by atoms with E-state index >= 15 is 0 Å². The molecule has 2 atom stereocenters. The zero-order valence-corrected chi connectivity index (χ0v) is 25.1. The zero-order valence-electron chi connectivity index (χ0n) is 25.1. The van der Waals surface area contributed by atoms with E-state index in [1.54, 1.807) is 25.7 Å². The van der Waals surface area contributed by atoms with Crippen LogP contribution in [-0.2, 0) is 27.3 Å². The molecule has 0 saturated heterocycles. The summed E-state index contributed by atoms with van der Waals surface area (Å²) in [6.45, 7) is 11.9. The fraction of sp³-hybridized carbons (Fsp3) is 0.382. The van der Waals surface area contributed by atoms with Gasteiger partial charge in [-0.15, -0.1) is 0 Å². The second-order valence-corrected chi connectivity index (χ2v) is 11.3. The number of hydrogen-bond acceptors (Lipinski definition) is 4. The molecular formula is C34H43N3O4. The molecule has 0 heterocycles. The van der Waals surface area contributed by atoms with Gasteiger partial charge < -0.3 is 20.3 Å². The van der Waals surface area contributed by atoms with Crippen molar-refractivity contribution in [3.63, 3.8) is 0 Å². The number of rotatable bonds is 11. The van der Waals surface area contributed by atoms with Crippen LogP contribution >= 0.6 is 0 Å². The molecule has 3 rings (SSSR count). The van der Waals surface area contributed by atoms with E-state index in [1.807, 2.05) is 99.6 Å². The summed E-state index contributed by atoms with van der Waals surface area (Å²) < 4.78 is 5.51. The fourth-order valence-electron chi connectivity index (χ4n) is 4.71. The van der Waals surface area contributed by atoms with Crippen LogP contribution in [0.5, 0.6) is 0 Å². The minimum Gasteiger partial charge on any atom is -0.444 e. The zero-order chi connectivity index (χ0) is 30.0. The van der Waals surface area contributed by atoms with Crippen LogP contribution in [0.4, 0.5) is 4.79 Å². The largest absolute Gasteiger partial charge is 0.444 e. The summed E-state index contributed by atoms with van der Waals surface area (Å²) in [4.78, 5) is 42.9. The van der Waals surface area contributed by atoms with Gasteiger partial charge in [0.15, 0.2) is 0 Å². The van der Waals surface area contributed by atoms with E-state index in [2.05, 4.69) is 10.6 Å². The third-order valence-corrected chi connectivity index (χ3v) is 6.83. The number of carbonyl (C=O) groups is 3. The van der Waals surface area contributed by atoms with Crippen molar-refractivity contribution in [1.82, 2.24) is 15.5 Å². The molecule has 7 heteroatoms. The summed E-state index contributed by atoms with van der Waals surface area (Å²) in [6.07, 6.45) is 0.202. The van der Waals surface area contributed by atoms with Crippen molar-refractivity contribution < 1.29 is 19.1 Å². The number of hydrogen-bond donors (Lipinski definition) is 2. The van der Waals surface area contributed by atoms with Crippen molar-refractivity contribution in [3.8, 4) is 0 Å². The number of amides is 3. The topological polar surface area (TPSA) is 87.7 Å². The van der Waals surface area contributed by atoms with E-state index < -0.39 is 23.8 Å². The molecule has 0 saturated carbocycles. The Labute approximate surface area is 244 Å². The highest BCUT2D eigenvalue weighted by Crippen LogP contribution is 2.28. The highest BCUT2D eigenvalue weighted by Gasteiger charge is 2.36. The molecule has 0 aliphatic rings. The van der Waals surface area contributed by atoms with Gasteiger partial charge in [-0.25, -0.2) is 4.79 Å². The summed E-state index contributed by atoms with van der Waals surface area (Å²) >= 11 is 0. The number of ether oxygens (including phenoxy) is 1. The minimum atomic E-state index is -0.937. The van der Waals surface area contributed by atoms with Crippen LogP contribution in [-0.4, -0.2) is 41.0 Å². The summed E-state index contributed by atoms with van der Waals surface area (Å²) in [7, 11) is 0. The van der Waals surface area contributed by atoms with Gasteiger partial charge in [0.05, 0.1) is 0 Å². The lowest BCUT2D eigenvalue weighted by molar-refractivity contribution is -0.142. The van der Waals surface area contributed by atoms with Crippen molar-refractivity contribution in [3.05, 3.63) is 107 Å². The predicted octanol–water partition coefficient (Wildman–Crippen LogP) is 6.04. The molecule has 3 amide bonds. The Bertz CT molecular complexity index is 1300. The molecule has 3 aromatic carbocycles. The smallest absolute Gasteiger partial charge is 0.408 e. The fourth-order valence-corrected chi connectivity index (χ4v) is 4.71. The van der Waals surface area contributed by atoms with Crippen molar-refractivity contribution in [1.29, 1.82) is 0 Å². The van der Waals surface area contributed by atoms with Crippen molar-refractivity contribution in [2.75, 3.05) is 6.54 Å². The first-order valence-electron chi connectivity index (χ1n) is 14.2. The maximum Gasteiger partial charge on any atom is 0.408 e. The molecule has 0 aromatic heterocycles. The molecule has 0 fully saturated rings. The van der Waals surface area contributed by atoms with Crippen LogP contribution < -0.4 is 10.6 Å². The van der Waals surface area contributed by atoms with E-state index in [9.17, 15) is 14.4 Å². The van der Waals surface area contributed by atoms with Gasteiger partial charge in [0, 0.05) is 19.5 Å². The number of nitrogens with one attached hydrogen (secondary N) is 2. The monoisotopic (exact) mass is 557 g/mol. The van der Waals surface area contributed by atoms with Crippen molar-refractivity contribution >= 4 is 17.9 Å². The van der Waals surface area contributed by atoms with Crippen LogP contribution in [0.15, 0.2) is 78.9 Å². The normalized spacial score (nSPS) is 12.6. The number of nitrogens with zero attached hydrogens (tertiary/aromatic N) is 1.